The second-order valence-electron chi connectivity index (χ2n) is 10.3. The van der Waals surface area contributed by atoms with Crippen molar-refractivity contribution in [2.75, 3.05) is 13.2 Å². The van der Waals surface area contributed by atoms with Crippen LogP contribution in [0.15, 0.2) is 119 Å². The molecule has 1 aliphatic heterocycles. The van der Waals surface area contributed by atoms with Crippen molar-refractivity contribution in [3.8, 4) is 23.0 Å². The predicted octanol–water partition coefficient (Wildman–Crippen LogP) is 6.11. The van der Waals surface area contributed by atoms with Crippen molar-refractivity contribution in [1.29, 1.82) is 0 Å². The molecule has 6 aromatic rings. The molecule has 0 radical (unpaired) electrons. The molecule has 230 valence electrons. The molecule has 4 aromatic carbocycles. The van der Waals surface area contributed by atoms with Crippen LogP contribution in [0.3, 0.4) is 0 Å². The summed E-state index contributed by atoms with van der Waals surface area (Å²) in [7, 11) is 0. The van der Waals surface area contributed by atoms with Gasteiger partial charge < -0.3 is 28.5 Å². The number of fused-ring (bicyclic) bond motifs is 2. The lowest BCUT2D eigenvalue weighted by molar-refractivity contribution is -0.0523. The molecular weight excluding hydrogens is 588 g/mol. The molecule has 0 saturated carbocycles. The van der Waals surface area contributed by atoms with Gasteiger partial charge in [0.15, 0.2) is 18.9 Å². The molecule has 0 atom stereocenters. The van der Waals surface area contributed by atoms with Gasteiger partial charge in [0.2, 0.25) is 0 Å². The van der Waals surface area contributed by atoms with Gasteiger partial charge in [-0.3, -0.25) is 19.2 Å². The summed E-state index contributed by atoms with van der Waals surface area (Å²) in [4.78, 5) is 48.9. The number of carbonyl (C=O) groups is 2. The molecular formula is C36H28N2O8. The first-order valence-corrected chi connectivity index (χ1v) is 14.4. The summed E-state index contributed by atoms with van der Waals surface area (Å²) in [6.45, 7) is 1.20. The van der Waals surface area contributed by atoms with E-state index < -0.39 is 11.8 Å². The quantitative estimate of drug-likeness (QED) is 0.203. The fourth-order valence-electron chi connectivity index (χ4n) is 4.96. The number of aromatic amines is 1. The van der Waals surface area contributed by atoms with Crippen LogP contribution in [0.5, 0.6) is 23.0 Å². The number of aromatic nitrogens is 2. The molecule has 0 aliphatic carbocycles. The standard InChI is InChI=1S/C20H17NO5.C16H11NO3/c22-13-15-10-14-6-7-17(26-16-4-2-1-3-5-16)11-18(14)21(20(15)23)12-19-24-8-9-25-19;18-10-12-8-11-6-7-14(9-15(11)17-16(12)19)20-13-4-2-1-3-5-13/h1-7,10-11,13,19H,8-9,12H2;1-10H,(H,17,19). The van der Waals surface area contributed by atoms with Gasteiger partial charge in [0.1, 0.15) is 23.0 Å². The molecule has 2 aromatic heterocycles. The van der Waals surface area contributed by atoms with E-state index in [9.17, 15) is 19.2 Å². The molecule has 1 saturated heterocycles. The lowest BCUT2D eigenvalue weighted by atomic mass is 10.1. The number of nitrogens with zero attached hydrogens (tertiary/aromatic N) is 1. The van der Waals surface area contributed by atoms with Gasteiger partial charge in [-0.05, 0) is 71.4 Å². The van der Waals surface area contributed by atoms with Crippen LogP contribution in [0.2, 0.25) is 0 Å². The van der Waals surface area contributed by atoms with Crippen molar-refractivity contribution in [2.45, 2.75) is 12.8 Å². The number of rotatable bonds is 8. The van der Waals surface area contributed by atoms with Crippen LogP contribution in [0.4, 0.5) is 0 Å². The molecule has 3 heterocycles. The summed E-state index contributed by atoms with van der Waals surface area (Å²) >= 11 is 0. The SMILES string of the molecule is O=Cc1cc2ccc(Oc3ccccc3)cc2[nH]c1=O.O=Cc1cc2ccc(Oc3ccccc3)cc2n(CC2OCCO2)c1=O. The minimum absolute atomic E-state index is 0.104. The Balaban J connectivity index is 0.000000167. The van der Waals surface area contributed by atoms with Crippen LogP contribution in [0.25, 0.3) is 21.8 Å². The van der Waals surface area contributed by atoms with E-state index >= 15 is 0 Å². The summed E-state index contributed by atoms with van der Waals surface area (Å²) in [6.07, 6.45) is 0.617. The molecule has 46 heavy (non-hydrogen) atoms. The number of pyridine rings is 2. The zero-order chi connectivity index (χ0) is 31.9. The van der Waals surface area contributed by atoms with Crippen molar-refractivity contribution in [3.63, 3.8) is 0 Å². The third kappa shape index (κ3) is 6.94. The Kier molecular flexibility index (Phi) is 9.09. The van der Waals surface area contributed by atoms with Crippen molar-refractivity contribution < 1.29 is 28.5 Å². The van der Waals surface area contributed by atoms with Crippen LogP contribution >= 0.6 is 0 Å². The Bertz CT molecular complexity index is 2120. The van der Waals surface area contributed by atoms with E-state index in [1.807, 2.05) is 66.7 Å². The molecule has 0 spiro atoms. The van der Waals surface area contributed by atoms with Crippen LogP contribution in [-0.4, -0.2) is 41.6 Å². The van der Waals surface area contributed by atoms with Gasteiger partial charge in [0, 0.05) is 12.1 Å². The van der Waals surface area contributed by atoms with Gasteiger partial charge in [-0.15, -0.1) is 0 Å². The topological polar surface area (TPSA) is 126 Å². The Labute approximate surface area is 262 Å². The maximum absolute atomic E-state index is 12.7. The van der Waals surface area contributed by atoms with Crippen LogP contribution in [-0.2, 0) is 16.0 Å². The fourth-order valence-corrected chi connectivity index (χ4v) is 4.96. The maximum Gasteiger partial charge on any atom is 0.261 e. The van der Waals surface area contributed by atoms with Gasteiger partial charge in [0.05, 0.1) is 41.9 Å². The number of hydrogen-bond acceptors (Lipinski definition) is 8. The normalized spacial score (nSPS) is 12.8. The number of carbonyl (C=O) groups excluding carboxylic acids is 2. The first-order valence-electron chi connectivity index (χ1n) is 14.4. The summed E-state index contributed by atoms with van der Waals surface area (Å²) in [5.74, 6) is 2.65. The number of hydrogen-bond donors (Lipinski definition) is 1. The van der Waals surface area contributed by atoms with Gasteiger partial charge in [-0.1, -0.05) is 36.4 Å². The van der Waals surface area contributed by atoms with Crippen LogP contribution in [0, 0.1) is 0 Å². The number of H-pyrrole nitrogens is 1. The van der Waals surface area contributed by atoms with E-state index in [0.29, 0.717) is 54.1 Å². The molecule has 10 heteroatoms. The zero-order valence-electron chi connectivity index (χ0n) is 24.5. The third-order valence-electron chi connectivity index (χ3n) is 7.18. The fraction of sp³-hybridized carbons (Fsp3) is 0.111. The van der Waals surface area contributed by atoms with Crippen molar-refractivity contribution in [3.05, 3.63) is 141 Å². The molecule has 1 fully saturated rings. The Morgan fingerprint density at radius 1 is 0.674 bits per heavy atom. The van der Waals surface area contributed by atoms with E-state index in [1.54, 1.807) is 42.5 Å². The van der Waals surface area contributed by atoms with Crippen molar-refractivity contribution >= 4 is 34.4 Å². The number of aldehydes is 2. The first-order chi connectivity index (χ1) is 22.5. The van der Waals surface area contributed by atoms with E-state index in [-0.39, 0.29) is 23.2 Å². The second-order valence-corrected chi connectivity index (χ2v) is 10.3. The highest BCUT2D eigenvalue weighted by Crippen LogP contribution is 2.26. The van der Waals surface area contributed by atoms with Gasteiger partial charge in [-0.25, -0.2) is 0 Å². The van der Waals surface area contributed by atoms with E-state index in [1.165, 1.54) is 4.57 Å². The van der Waals surface area contributed by atoms with Crippen molar-refractivity contribution in [2.24, 2.45) is 0 Å². The third-order valence-corrected chi connectivity index (χ3v) is 7.18. The average molecular weight is 617 g/mol. The van der Waals surface area contributed by atoms with E-state index in [4.69, 9.17) is 18.9 Å². The minimum atomic E-state index is -0.503. The van der Waals surface area contributed by atoms with E-state index in [0.717, 1.165) is 16.5 Å². The smallest absolute Gasteiger partial charge is 0.261 e. The molecule has 7 rings (SSSR count). The Morgan fingerprint density at radius 3 is 1.85 bits per heavy atom. The van der Waals surface area contributed by atoms with Gasteiger partial charge in [-0.2, -0.15) is 0 Å². The lowest BCUT2D eigenvalue weighted by Crippen LogP contribution is -2.29. The maximum atomic E-state index is 12.7. The highest BCUT2D eigenvalue weighted by atomic mass is 16.7. The first kappa shape index (κ1) is 30.2. The number of ether oxygens (including phenoxy) is 4. The highest BCUT2D eigenvalue weighted by molar-refractivity contribution is 5.87. The van der Waals surface area contributed by atoms with Crippen LogP contribution < -0.4 is 20.6 Å². The summed E-state index contributed by atoms with van der Waals surface area (Å²) in [5.41, 5.74) is 0.747. The van der Waals surface area contributed by atoms with Gasteiger partial charge >= 0.3 is 0 Å². The van der Waals surface area contributed by atoms with E-state index in [2.05, 4.69) is 4.98 Å². The number of para-hydroxylation sites is 2. The number of nitrogens with one attached hydrogen (secondary N) is 1. The predicted molar refractivity (Wildman–Crippen MR) is 172 cm³/mol. The minimum Gasteiger partial charge on any atom is -0.457 e. The van der Waals surface area contributed by atoms with Gasteiger partial charge in [0.25, 0.3) is 11.1 Å². The van der Waals surface area contributed by atoms with Crippen LogP contribution in [0.1, 0.15) is 20.7 Å². The average Bonchev–Trinajstić information content (AvgIpc) is 3.60. The summed E-state index contributed by atoms with van der Waals surface area (Å²) in [6, 6.07) is 32.7. The highest BCUT2D eigenvalue weighted by Gasteiger charge is 2.20. The summed E-state index contributed by atoms with van der Waals surface area (Å²) < 4.78 is 24.0. The molecule has 10 nitrogen and oxygen atoms in total. The second kappa shape index (κ2) is 13.9. The summed E-state index contributed by atoms with van der Waals surface area (Å²) in [5, 5.41) is 1.55. The molecule has 0 unspecified atom stereocenters. The number of benzene rings is 4. The van der Waals surface area contributed by atoms with Crippen molar-refractivity contribution in [1.82, 2.24) is 9.55 Å². The monoisotopic (exact) mass is 616 g/mol. The molecule has 0 amide bonds. The zero-order valence-corrected chi connectivity index (χ0v) is 24.5. The molecule has 0 bridgehead atoms. The Morgan fingerprint density at radius 2 is 1.24 bits per heavy atom. The molecule has 1 N–H and O–H groups in total. The Hall–Kier alpha value is -5.84. The lowest BCUT2D eigenvalue weighted by Gasteiger charge is -2.16. The largest absolute Gasteiger partial charge is 0.457 e. The molecule has 1 aliphatic rings.